The third kappa shape index (κ3) is 3.81. The van der Waals surface area contributed by atoms with Gasteiger partial charge in [-0.15, -0.1) is 0 Å². The molecule has 1 saturated heterocycles. The summed E-state index contributed by atoms with van der Waals surface area (Å²) in [6.07, 6.45) is 8.61. The topological polar surface area (TPSA) is 94.6 Å². The molecule has 7 heteroatoms. The van der Waals surface area contributed by atoms with E-state index in [1.165, 1.54) is 12.8 Å². The highest BCUT2D eigenvalue weighted by Gasteiger charge is 2.34. The number of benzene rings is 1. The number of carbonyl (C=O) groups is 2. The number of hydrogen-bond donors (Lipinski definition) is 3. The summed E-state index contributed by atoms with van der Waals surface area (Å²) < 4.78 is 0. The van der Waals surface area contributed by atoms with Crippen molar-refractivity contribution in [3.8, 4) is 0 Å². The van der Waals surface area contributed by atoms with Crippen LogP contribution >= 0.6 is 0 Å². The van der Waals surface area contributed by atoms with Crippen molar-refractivity contribution in [1.82, 2.24) is 15.6 Å². The van der Waals surface area contributed by atoms with Gasteiger partial charge in [-0.1, -0.05) is 25.0 Å². The number of imide groups is 1. The van der Waals surface area contributed by atoms with Crippen molar-refractivity contribution in [2.24, 2.45) is 0 Å². The fraction of sp³-hybridized carbons (Fsp3) is 0.286. The summed E-state index contributed by atoms with van der Waals surface area (Å²) in [6.45, 7) is 0. The second-order valence-corrected chi connectivity index (χ2v) is 7.05. The number of urea groups is 1. The van der Waals surface area contributed by atoms with Crippen LogP contribution < -0.4 is 15.5 Å². The monoisotopic (exact) mass is 378 g/mol. The lowest BCUT2D eigenvalue weighted by molar-refractivity contribution is -0.113. The van der Waals surface area contributed by atoms with E-state index >= 15 is 0 Å². The van der Waals surface area contributed by atoms with Gasteiger partial charge < -0.3 is 10.4 Å². The van der Waals surface area contributed by atoms with Gasteiger partial charge in [0.15, 0.2) is 0 Å². The summed E-state index contributed by atoms with van der Waals surface area (Å²) in [6, 6.07) is 10.1. The molecule has 0 bridgehead atoms. The van der Waals surface area contributed by atoms with E-state index in [-0.39, 0.29) is 5.70 Å². The van der Waals surface area contributed by atoms with Crippen LogP contribution in [0.15, 0.2) is 54.5 Å². The molecule has 2 aliphatic rings. The van der Waals surface area contributed by atoms with E-state index in [4.69, 9.17) is 0 Å². The minimum Gasteiger partial charge on any atom is -0.374 e. The van der Waals surface area contributed by atoms with Crippen molar-refractivity contribution < 1.29 is 14.7 Å². The molecule has 1 aliphatic carbocycles. The third-order valence-electron chi connectivity index (χ3n) is 5.11. The van der Waals surface area contributed by atoms with Gasteiger partial charge in [0.25, 0.3) is 5.91 Å². The molecule has 1 atom stereocenters. The standard InChI is InChI=1S/C21H22N4O3/c26-19(23-16-3-1-2-4-16)15-5-7-17(8-6-15)25-20(27)18(24-21(25)28)13-14-9-11-22-12-10-14/h5-13,16,19,23,26H,1-4H2,(H,24,28)/b18-13-. The lowest BCUT2D eigenvalue weighted by Crippen LogP contribution is -2.31. The predicted molar refractivity (Wildman–Crippen MR) is 105 cm³/mol. The Bertz CT molecular complexity index is 890. The van der Waals surface area contributed by atoms with Crippen LogP contribution in [0.2, 0.25) is 0 Å². The van der Waals surface area contributed by atoms with E-state index < -0.39 is 18.2 Å². The van der Waals surface area contributed by atoms with Crippen molar-refractivity contribution in [2.75, 3.05) is 4.90 Å². The zero-order valence-electron chi connectivity index (χ0n) is 15.3. The average Bonchev–Trinajstić information content (AvgIpc) is 3.31. The van der Waals surface area contributed by atoms with Crippen molar-refractivity contribution in [2.45, 2.75) is 38.0 Å². The zero-order valence-corrected chi connectivity index (χ0v) is 15.3. The fourth-order valence-corrected chi connectivity index (χ4v) is 3.61. The molecule has 7 nitrogen and oxygen atoms in total. The Morgan fingerprint density at radius 2 is 1.79 bits per heavy atom. The van der Waals surface area contributed by atoms with Crippen LogP contribution in [0.3, 0.4) is 0 Å². The molecule has 0 spiro atoms. The van der Waals surface area contributed by atoms with Crippen LogP contribution in [0.1, 0.15) is 43.0 Å². The first kappa shape index (κ1) is 18.3. The number of nitrogens with one attached hydrogen (secondary N) is 2. The Morgan fingerprint density at radius 3 is 2.46 bits per heavy atom. The van der Waals surface area contributed by atoms with E-state index in [9.17, 15) is 14.7 Å². The van der Waals surface area contributed by atoms with Gasteiger partial charge in [0.2, 0.25) is 0 Å². The van der Waals surface area contributed by atoms with Gasteiger partial charge in [0.1, 0.15) is 11.9 Å². The highest BCUT2D eigenvalue weighted by Crippen LogP contribution is 2.25. The molecular formula is C21H22N4O3. The highest BCUT2D eigenvalue weighted by molar-refractivity contribution is 6.28. The van der Waals surface area contributed by atoms with Crippen LogP contribution in [0, 0.1) is 0 Å². The minimum absolute atomic E-state index is 0.211. The summed E-state index contributed by atoms with van der Waals surface area (Å²) in [5, 5.41) is 16.2. The molecule has 144 valence electrons. The van der Waals surface area contributed by atoms with Crippen LogP contribution in [-0.2, 0) is 4.79 Å². The normalized spacial score (nSPS) is 20.0. The quantitative estimate of drug-likeness (QED) is 0.422. The van der Waals surface area contributed by atoms with Gasteiger partial charge in [0, 0.05) is 18.4 Å². The number of aliphatic hydroxyl groups excluding tert-OH is 1. The average molecular weight is 378 g/mol. The first-order chi connectivity index (χ1) is 13.6. The molecule has 2 fully saturated rings. The molecule has 0 radical (unpaired) electrons. The number of hydrogen-bond acceptors (Lipinski definition) is 5. The molecule has 2 aromatic rings. The van der Waals surface area contributed by atoms with E-state index in [2.05, 4.69) is 15.6 Å². The van der Waals surface area contributed by atoms with E-state index in [1.807, 2.05) is 0 Å². The molecular weight excluding hydrogens is 356 g/mol. The second kappa shape index (κ2) is 7.92. The van der Waals surface area contributed by atoms with Crippen molar-refractivity contribution in [1.29, 1.82) is 0 Å². The second-order valence-electron chi connectivity index (χ2n) is 7.05. The predicted octanol–water partition coefficient (Wildman–Crippen LogP) is 2.70. The number of anilines is 1. The maximum absolute atomic E-state index is 12.7. The van der Waals surface area contributed by atoms with Crippen LogP contribution in [0.5, 0.6) is 0 Å². The summed E-state index contributed by atoms with van der Waals surface area (Å²) in [7, 11) is 0. The van der Waals surface area contributed by atoms with E-state index in [1.54, 1.807) is 54.9 Å². The number of aliphatic hydroxyl groups is 1. The number of amides is 3. The summed E-state index contributed by atoms with van der Waals surface area (Å²) in [4.78, 5) is 30.0. The van der Waals surface area contributed by atoms with E-state index in [0.29, 0.717) is 17.3 Å². The highest BCUT2D eigenvalue weighted by atomic mass is 16.3. The van der Waals surface area contributed by atoms with E-state index in [0.717, 1.165) is 23.3 Å². The SMILES string of the molecule is O=C1N/C(=C\c2ccncc2)C(=O)N1c1ccc(C(O)NC2CCCC2)cc1. The third-order valence-corrected chi connectivity index (χ3v) is 5.11. The maximum atomic E-state index is 12.7. The van der Waals surface area contributed by atoms with Gasteiger partial charge in [-0.05, 0) is 54.3 Å². The number of aromatic nitrogens is 1. The van der Waals surface area contributed by atoms with Crippen LogP contribution in [-0.4, -0.2) is 28.1 Å². The molecule has 3 N–H and O–H groups in total. The largest absolute Gasteiger partial charge is 0.374 e. The zero-order chi connectivity index (χ0) is 19.5. The Hall–Kier alpha value is -3.03. The molecule has 1 saturated carbocycles. The lowest BCUT2D eigenvalue weighted by atomic mass is 10.1. The maximum Gasteiger partial charge on any atom is 0.333 e. The van der Waals surface area contributed by atoms with Crippen molar-refractivity contribution >= 4 is 23.7 Å². The summed E-state index contributed by atoms with van der Waals surface area (Å²) >= 11 is 0. The van der Waals surface area contributed by atoms with Gasteiger partial charge in [0.05, 0.1) is 5.69 Å². The van der Waals surface area contributed by atoms with Gasteiger partial charge in [-0.25, -0.2) is 9.69 Å². The molecule has 28 heavy (non-hydrogen) atoms. The first-order valence-electron chi connectivity index (χ1n) is 9.43. The Labute approximate surface area is 163 Å². The van der Waals surface area contributed by atoms with Crippen molar-refractivity contribution in [3.05, 3.63) is 65.6 Å². The number of nitrogens with zero attached hydrogens (tertiary/aromatic N) is 2. The van der Waals surface area contributed by atoms with Gasteiger partial charge in [-0.3, -0.25) is 15.1 Å². The molecule has 1 aromatic carbocycles. The summed E-state index contributed by atoms with van der Waals surface area (Å²) in [5.41, 5.74) is 2.15. The molecule has 1 aromatic heterocycles. The molecule has 2 heterocycles. The molecule has 3 amide bonds. The molecule has 1 aliphatic heterocycles. The fourth-order valence-electron chi connectivity index (χ4n) is 3.61. The Balaban J connectivity index is 1.48. The smallest absolute Gasteiger partial charge is 0.333 e. The lowest BCUT2D eigenvalue weighted by Gasteiger charge is -2.19. The van der Waals surface area contributed by atoms with Crippen LogP contribution in [0.4, 0.5) is 10.5 Å². The number of pyridine rings is 1. The molecule has 4 rings (SSSR count). The number of carbonyl (C=O) groups excluding carboxylic acids is 2. The van der Waals surface area contributed by atoms with Gasteiger partial charge >= 0.3 is 6.03 Å². The molecule has 1 unspecified atom stereocenters. The van der Waals surface area contributed by atoms with Crippen molar-refractivity contribution in [3.63, 3.8) is 0 Å². The Morgan fingerprint density at radius 1 is 1.11 bits per heavy atom. The minimum atomic E-state index is -0.762. The Kier molecular flexibility index (Phi) is 5.18. The van der Waals surface area contributed by atoms with Gasteiger partial charge in [-0.2, -0.15) is 0 Å². The number of rotatable bonds is 5. The summed E-state index contributed by atoms with van der Waals surface area (Å²) in [5.74, 6) is -0.417. The van der Waals surface area contributed by atoms with Crippen LogP contribution in [0.25, 0.3) is 6.08 Å². The first-order valence-corrected chi connectivity index (χ1v) is 9.43.